The molecule has 15 heteroatoms. The van der Waals surface area contributed by atoms with Crippen molar-refractivity contribution in [3.05, 3.63) is 34.4 Å². The van der Waals surface area contributed by atoms with Crippen molar-refractivity contribution in [2.45, 2.75) is 12.4 Å². The summed E-state index contributed by atoms with van der Waals surface area (Å²) < 4.78 is 96.3. The zero-order chi connectivity index (χ0) is 21.9. The normalized spacial score (nSPS) is 16.8. The van der Waals surface area contributed by atoms with Gasteiger partial charge in [0.25, 0.3) is 5.69 Å². The number of benzene rings is 1. The molecule has 1 heterocycles. The molecule has 2 rings (SSSR count). The van der Waals surface area contributed by atoms with Crippen molar-refractivity contribution < 1.29 is 44.9 Å². The Morgan fingerprint density at radius 1 is 0.931 bits per heavy atom. The number of hydrogen-bond donors (Lipinski definition) is 0. The minimum Gasteiger partial charge on any atom is -0.369 e. The number of nitro benzene ring substituents is 1. The summed E-state index contributed by atoms with van der Waals surface area (Å²) in [6.45, 7) is -4.30. The highest BCUT2D eigenvalue weighted by Gasteiger charge is 2.43. The standard InChI is InChI=1S/C14H16F6N3O5P/c15-13(16,17)9-27-29(26,28-10-14(18,19)20)22-7-5-21(6-8-22)11-1-3-12(4-2-11)23(24)25/h1-4H,5-10H2. The molecule has 1 saturated heterocycles. The molecule has 1 aromatic rings. The SMILES string of the molecule is O=[N+]([O-])c1ccc(N2CCN(P(=O)(OCC(F)(F)F)OCC(F)(F)F)CC2)cc1. The zero-order valence-corrected chi connectivity index (χ0v) is 15.5. The molecule has 0 atom stereocenters. The van der Waals surface area contributed by atoms with E-state index in [1.165, 1.54) is 24.3 Å². The number of rotatable bonds is 7. The number of halogens is 6. The van der Waals surface area contributed by atoms with E-state index in [4.69, 9.17) is 0 Å². The first-order chi connectivity index (χ1) is 13.3. The summed E-state index contributed by atoms with van der Waals surface area (Å²) in [5.74, 6) is 0. The molecule has 0 aromatic heterocycles. The van der Waals surface area contributed by atoms with E-state index in [9.17, 15) is 41.0 Å². The molecule has 8 nitrogen and oxygen atoms in total. The monoisotopic (exact) mass is 451 g/mol. The smallest absolute Gasteiger partial charge is 0.369 e. The van der Waals surface area contributed by atoms with Crippen LogP contribution in [0.2, 0.25) is 0 Å². The fraction of sp³-hybridized carbons (Fsp3) is 0.571. The zero-order valence-electron chi connectivity index (χ0n) is 14.6. The van der Waals surface area contributed by atoms with Gasteiger partial charge >= 0.3 is 20.1 Å². The second kappa shape index (κ2) is 8.86. The third kappa shape index (κ3) is 7.14. The highest BCUT2D eigenvalue weighted by molar-refractivity contribution is 7.51. The lowest BCUT2D eigenvalue weighted by Crippen LogP contribution is -2.45. The van der Waals surface area contributed by atoms with Gasteiger partial charge in [0.05, 0.1) is 4.92 Å². The van der Waals surface area contributed by atoms with E-state index in [0.29, 0.717) is 5.69 Å². The van der Waals surface area contributed by atoms with Crippen LogP contribution in [0.5, 0.6) is 0 Å². The molecule has 0 amide bonds. The largest absolute Gasteiger partial charge is 0.412 e. The van der Waals surface area contributed by atoms with Crippen LogP contribution < -0.4 is 4.90 Å². The van der Waals surface area contributed by atoms with Gasteiger partial charge in [-0.3, -0.25) is 19.2 Å². The fourth-order valence-corrected chi connectivity index (χ4v) is 4.18. The Morgan fingerprint density at radius 2 is 1.38 bits per heavy atom. The first-order valence-electron chi connectivity index (χ1n) is 8.06. The summed E-state index contributed by atoms with van der Waals surface area (Å²) in [6, 6.07) is 5.42. The van der Waals surface area contributed by atoms with Crippen LogP contribution in [-0.2, 0) is 13.6 Å². The predicted molar refractivity (Wildman–Crippen MR) is 88.5 cm³/mol. The third-order valence-corrected chi connectivity index (χ3v) is 5.81. The van der Waals surface area contributed by atoms with Crippen LogP contribution >= 0.6 is 7.75 Å². The lowest BCUT2D eigenvalue weighted by atomic mass is 10.2. The Bertz CT molecular complexity index is 728. The van der Waals surface area contributed by atoms with Crippen LogP contribution in [0, 0.1) is 10.1 Å². The highest BCUT2D eigenvalue weighted by atomic mass is 31.2. The summed E-state index contributed by atoms with van der Waals surface area (Å²) in [4.78, 5) is 11.8. The van der Waals surface area contributed by atoms with Crippen LogP contribution in [0.1, 0.15) is 0 Å². The van der Waals surface area contributed by atoms with Crippen molar-refractivity contribution in [3.8, 4) is 0 Å². The first kappa shape index (κ1) is 23.4. The van der Waals surface area contributed by atoms with E-state index >= 15 is 0 Å². The van der Waals surface area contributed by atoms with Crippen LogP contribution in [0.3, 0.4) is 0 Å². The van der Waals surface area contributed by atoms with Gasteiger partial charge in [-0.15, -0.1) is 0 Å². The van der Waals surface area contributed by atoms with Gasteiger partial charge in [0.2, 0.25) is 0 Å². The van der Waals surface area contributed by atoms with E-state index in [2.05, 4.69) is 9.05 Å². The minimum atomic E-state index is -4.90. The van der Waals surface area contributed by atoms with Gasteiger partial charge in [-0.1, -0.05) is 0 Å². The number of alkyl halides is 6. The van der Waals surface area contributed by atoms with Crippen LogP contribution in [0.25, 0.3) is 0 Å². The Morgan fingerprint density at radius 3 is 1.76 bits per heavy atom. The topological polar surface area (TPSA) is 85.2 Å². The molecule has 164 valence electrons. The number of nitrogens with zero attached hydrogens (tertiary/aromatic N) is 3. The lowest BCUT2D eigenvalue weighted by Gasteiger charge is -2.38. The Labute approximate surface area is 160 Å². The number of non-ortho nitro benzene ring substituents is 1. The molecule has 1 aromatic carbocycles. The number of piperazine rings is 1. The van der Waals surface area contributed by atoms with Crippen LogP contribution in [0.15, 0.2) is 24.3 Å². The second-order valence-corrected chi connectivity index (χ2v) is 7.98. The van der Waals surface area contributed by atoms with Crippen molar-refractivity contribution in [2.24, 2.45) is 0 Å². The summed E-state index contributed by atoms with van der Waals surface area (Å²) in [5, 5.41) is 10.7. The molecular formula is C14H16F6N3O5P. The van der Waals surface area contributed by atoms with E-state index in [1.807, 2.05) is 0 Å². The number of nitro groups is 1. The maximum absolute atomic E-state index is 12.6. The lowest BCUT2D eigenvalue weighted by molar-refractivity contribution is -0.384. The molecule has 1 aliphatic rings. The summed E-state index contributed by atoms with van der Waals surface area (Å²) in [6.07, 6.45) is -9.81. The molecule has 1 aliphatic heterocycles. The van der Waals surface area contributed by atoms with Crippen LogP contribution in [-0.4, -0.2) is 61.3 Å². The van der Waals surface area contributed by atoms with Crippen molar-refractivity contribution in [2.75, 3.05) is 44.3 Å². The molecule has 29 heavy (non-hydrogen) atoms. The molecule has 0 saturated carbocycles. The van der Waals surface area contributed by atoms with Gasteiger partial charge in [-0.25, -0.2) is 9.24 Å². The van der Waals surface area contributed by atoms with Gasteiger partial charge in [-0.2, -0.15) is 26.3 Å². The maximum Gasteiger partial charge on any atom is 0.412 e. The molecule has 0 unspecified atom stereocenters. The Kier molecular flexibility index (Phi) is 7.14. The Hall–Kier alpha value is -1.89. The van der Waals surface area contributed by atoms with Crippen molar-refractivity contribution in [1.82, 2.24) is 4.67 Å². The van der Waals surface area contributed by atoms with Crippen molar-refractivity contribution in [1.29, 1.82) is 0 Å². The maximum atomic E-state index is 12.6. The van der Waals surface area contributed by atoms with E-state index in [1.54, 1.807) is 4.90 Å². The van der Waals surface area contributed by atoms with Crippen LogP contribution in [0.4, 0.5) is 37.7 Å². The predicted octanol–water partition coefficient (Wildman–Crippen LogP) is 3.98. The second-order valence-electron chi connectivity index (χ2n) is 5.96. The van der Waals surface area contributed by atoms with Gasteiger partial charge in [0.15, 0.2) is 13.2 Å². The van der Waals surface area contributed by atoms with E-state index in [0.717, 1.165) is 4.67 Å². The third-order valence-electron chi connectivity index (χ3n) is 3.81. The van der Waals surface area contributed by atoms with Gasteiger partial charge < -0.3 is 4.90 Å². The molecule has 0 N–H and O–H groups in total. The molecular weight excluding hydrogens is 435 g/mol. The first-order valence-corrected chi connectivity index (χ1v) is 9.56. The average molecular weight is 451 g/mol. The Balaban J connectivity index is 2.05. The highest BCUT2D eigenvalue weighted by Crippen LogP contribution is 2.54. The summed E-state index contributed by atoms with van der Waals surface area (Å²) in [5.41, 5.74) is 0.412. The van der Waals surface area contributed by atoms with Gasteiger partial charge in [0, 0.05) is 44.0 Å². The van der Waals surface area contributed by atoms with Gasteiger partial charge in [-0.05, 0) is 12.1 Å². The fourth-order valence-electron chi connectivity index (χ4n) is 2.49. The summed E-state index contributed by atoms with van der Waals surface area (Å²) >= 11 is 0. The number of hydrogen-bond acceptors (Lipinski definition) is 6. The van der Waals surface area contributed by atoms with E-state index in [-0.39, 0.29) is 31.9 Å². The van der Waals surface area contributed by atoms with Crippen molar-refractivity contribution in [3.63, 3.8) is 0 Å². The molecule has 0 spiro atoms. The number of anilines is 1. The molecule has 0 radical (unpaired) electrons. The quantitative estimate of drug-likeness (QED) is 0.268. The van der Waals surface area contributed by atoms with Gasteiger partial charge in [0.1, 0.15) is 0 Å². The minimum absolute atomic E-state index is 0.0759. The summed E-state index contributed by atoms with van der Waals surface area (Å²) in [7, 11) is -4.85. The van der Waals surface area contributed by atoms with E-state index < -0.39 is 38.2 Å². The average Bonchev–Trinajstić information content (AvgIpc) is 2.64. The van der Waals surface area contributed by atoms with Crippen molar-refractivity contribution >= 4 is 19.1 Å². The molecule has 0 bridgehead atoms. The molecule has 1 fully saturated rings. The molecule has 0 aliphatic carbocycles.